The molecule has 2 aromatic carbocycles. The van der Waals surface area contributed by atoms with Crippen LogP contribution < -0.4 is 0 Å². The molecule has 0 spiro atoms. The Hall–Kier alpha value is -2.08. The van der Waals surface area contributed by atoms with Crippen molar-refractivity contribution >= 4 is 67.4 Å². The van der Waals surface area contributed by atoms with Crippen LogP contribution in [0.1, 0.15) is 24.0 Å². The molecule has 0 radical (unpaired) electrons. The fraction of sp³-hybridized carbons (Fsp3) is 0.100. The number of rotatable bonds is 4. The van der Waals surface area contributed by atoms with Crippen molar-refractivity contribution in [1.29, 1.82) is 0 Å². The van der Waals surface area contributed by atoms with E-state index in [4.69, 9.17) is 13.6 Å². The molecule has 0 N–H and O–H groups in total. The van der Waals surface area contributed by atoms with Crippen molar-refractivity contribution < 1.29 is 13.6 Å². The average Bonchev–Trinajstić information content (AvgIpc) is 3.31. The second-order valence-electron chi connectivity index (χ2n) is 5.41. The van der Waals surface area contributed by atoms with Gasteiger partial charge in [0.05, 0.1) is 0 Å². The minimum atomic E-state index is -0.702. The van der Waals surface area contributed by atoms with Gasteiger partial charge in [0.15, 0.2) is 23.4 Å². The monoisotopic (exact) mass is 580 g/mol. The van der Waals surface area contributed by atoms with E-state index in [0.717, 1.165) is 11.0 Å². The molecule has 0 saturated heterocycles. The highest BCUT2D eigenvalue weighted by molar-refractivity contribution is 14.1. The van der Waals surface area contributed by atoms with E-state index >= 15 is 0 Å². The largest absolute Gasteiger partial charge is 0.437 e. The van der Waals surface area contributed by atoms with Crippen LogP contribution in [0.25, 0.3) is 22.2 Å². The number of oxazole rings is 2. The standard InChI is InChI=1S/C20H10I2N2O3/c21-11-9-17(19-23-13-5-1-3-7-15(13)26-19)25-18(10-12-22)20-24-14-6-2-4-8-16(14)27-20/h1-8,17-18H. The van der Waals surface area contributed by atoms with E-state index in [1.54, 1.807) is 0 Å². The maximum atomic E-state index is 6.09. The molecule has 2 heterocycles. The minimum absolute atomic E-state index is 0.372. The van der Waals surface area contributed by atoms with Crippen LogP contribution in [0, 0.1) is 19.7 Å². The fourth-order valence-corrected chi connectivity index (χ4v) is 3.11. The first-order chi connectivity index (χ1) is 13.3. The van der Waals surface area contributed by atoms with Gasteiger partial charge >= 0.3 is 0 Å². The summed E-state index contributed by atoms with van der Waals surface area (Å²) in [6.45, 7) is 0. The SMILES string of the molecule is IC#CC(OC(C#CI)c1nc2ccccc2o1)c1nc2ccccc2o1. The lowest BCUT2D eigenvalue weighted by molar-refractivity contribution is 0.0235. The fourth-order valence-electron chi connectivity index (χ4n) is 2.55. The number of hydrogen-bond acceptors (Lipinski definition) is 5. The number of ether oxygens (including phenoxy) is 1. The van der Waals surface area contributed by atoms with Crippen molar-refractivity contribution in [3.8, 4) is 19.7 Å². The van der Waals surface area contributed by atoms with Crippen LogP contribution >= 0.6 is 45.2 Å². The summed E-state index contributed by atoms with van der Waals surface area (Å²) in [5.74, 6) is 6.69. The number of benzene rings is 2. The Balaban J connectivity index is 1.70. The molecule has 0 bridgehead atoms. The molecule has 0 aliphatic carbocycles. The summed E-state index contributed by atoms with van der Waals surface area (Å²) in [5.41, 5.74) is 2.84. The predicted octanol–water partition coefficient (Wildman–Crippen LogP) is 5.56. The molecule has 0 fully saturated rings. The van der Waals surface area contributed by atoms with Gasteiger partial charge in [-0.1, -0.05) is 24.3 Å². The van der Waals surface area contributed by atoms with Crippen LogP contribution in [0.4, 0.5) is 0 Å². The Bertz CT molecular complexity index is 1060. The van der Waals surface area contributed by atoms with E-state index in [1.807, 2.05) is 93.7 Å². The summed E-state index contributed by atoms with van der Waals surface area (Å²) in [6.07, 6.45) is -1.40. The second-order valence-corrected chi connectivity index (χ2v) is 6.49. The molecule has 5 nitrogen and oxygen atoms in total. The first-order valence-corrected chi connectivity index (χ1v) is 10.0. The first-order valence-electron chi connectivity index (χ1n) is 7.87. The number of fused-ring (bicyclic) bond motifs is 2. The van der Waals surface area contributed by atoms with Crippen LogP contribution in [0.2, 0.25) is 0 Å². The van der Waals surface area contributed by atoms with Crippen molar-refractivity contribution in [3.63, 3.8) is 0 Å². The maximum Gasteiger partial charge on any atom is 0.237 e. The smallest absolute Gasteiger partial charge is 0.237 e. The van der Waals surface area contributed by atoms with Gasteiger partial charge in [-0.25, -0.2) is 9.97 Å². The summed E-state index contributed by atoms with van der Waals surface area (Å²) < 4.78 is 23.4. The molecular formula is C20H10I2N2O3. The van der Waals surface area contributed by atoms with E-state index in [0.29, 0.717) is 22.9 Å². The lowest BCUT2D eigenvalue weighted by Crippen LogP contribution is -2.09. The summed E-state index contributed by atoms with van der Waals surface area (Å²) in [6, 6.07) is 15.0. The molecule has 0 saturated carbocycles. The minimum Gasteiger partial charge on any atom is -0.437 e. The van der Waals surface area contributed by atoms with E-state index < -0.39 is 12.2 Å². The molecule has 0 amide bonds. The second kappa shape index (κ2) is 8.30. The van der Waals surface area contributed by atoms with Crippen LogP contribution in [-0.4, -0.2) is 9.97 Å². The van der Waals surface area contributed by atoms with Crippen LogP contribution in [0.15, 0.2) is 57.4 Å². The van der Waals surface area contributed by atoms with Crippen LogP contribution in [0.5, 0.6) is 0 Å². The van der Waals surface area contributed by atoms with E-state index in [2.05, 4.69) is 29.7 Å². The number of nitrogens with zero attached hydrogens (tertiary/aromatic N) is 2. The highest BCUT2D eigenvalue weighted by Crippen LogP contribution is 2.29. The third-order valence-electron chi connectivity index (χ3n) is 3.71. The zero-order valence-corrected chi connectivity index (χ0v) is 18.0. The van der Waals surface area contributed by atoms with E-state index in [-0.39, 0.29) is 0 Å². The van der Waals surface area contributed by atoms with Gasteiger partial charge in [0, 0.05) is 45.2 Å². The first kappa shape index (κ1) is 18.3. The van der Waals surface area contributed by atoms with Gasteiger partial charge in [0.1, 0.15) is 11.0 Å². The van der Waals surface area contributed by atoms with Gasteiger partial charge in [0.25, 0.3) is 0 Å². The Kier molecular flexibility index (Phi) is 5.62. The van der Waals surface area contributed by atoms with Gasteiger partial charge in [0.2, 0.25) is 11.8 Å². The van der Waals surface area contributed by atoms with Crippen molar-refractivity contribution in [3.05, 3.63) is 60.3 Å². The molecule has 132 valence electrons. The molecule has 4 rings (SSSR count). The lowest BCUT2D eigenvalue weighted by atomic mass is 10.3. The quantitative estimate of drug-likeness (QED) is 0.234. The molecule has 4 aromatic rings. The van der Waals surface area contributed by atoms with Gasteiger partial charge in [-0.05, 0) is 44.0 Å². The number of para-hydroxylation sites is 4. The Morgan fingerprint density at radius 3 is 1.59 bits per heavy atom. The Morgan fingerprint density at radius 2 is 1.19 bits per heavy atom. The summed E-state index contributed by atoms with van der Waals surface area (Å²) in [5, 5.41) is 0. The zero-order chi connectivity index (χ0) is 18.6. The third-order valence-corrected chi connectivity index (χ3v) is 4.34. The summed E-state index contributed by atoms with van der Waals surface area (Å²) >= 11 is 3.91. The van der Waals surface area contributed by atoms with Crippen molar-refractivity contribution in [2.45, 2.75) is 12.2 Å². The summed E-state index contributed by atoms with van der Waals surface area (Å²) in [4.78, 5) is 8.97. The molecule has 0 aliphatic heterocycles. The zero-order valence-electron chi connectivity index (χ0n) is 13.6. The Labute approximate surface area is 182 Å². The van der Waals surface area contributed by atoms with E-state index in [9.17, 15) is 0 Å². The average molecular weight is 580 g/mol. The van der Waals surface area contributed by atoms with Crippen LogP contribution in [-0.2, 0) is 4.74 Å². The Morgan fingerprint density at radius 1 is 0.741 bits per heavy atom. The van der Waals surface area contributed by atoms with Crippen LogP contribution in [0.3, 0.4) is 0 Å². The lowest BCUT2D eigenvalue weighted by Gasteiger charge is -2.12. The van der Waals surface area contributed by atoms with E-state index in [1.165, 1.54) is 0 Å². The van der Waals surface area contributed by atoms with Gasteiger partial charge < -0.3 is 13.6 Å². The molecule has 0 aliphatic rings. The topological polar surface area (TPSA) is 61.3 Å². The third kappa shape index (κ3) is 3.95. The molecule has 27 heavy (non-hydrogen) atoms. The highest BCUT2D eigenvalue weighted by atomic mass is 127. The molecular weight excluding hydrogens is 570 g/mol. The molecule has 2 aromatic heterocycles. The molecule has 2 atom stereocenters. The van der Waals surface area contributed by atoms with Crippen molar-refractivity contribution in [1.82, 2.24) is 9.97 Å². The maximum absolute atomic E-state index is 6.09. The van der Waals surface area contributed by atoms with Gasteiger partial charge in [-0.3, -0.25) is 0 Å². The number of hydrogen-bond donors (Lipinski definition) is 0. The van der Waals surface area contributed by atoms with Crippen molar-refractivity contribution in [2.75, 3.05) is 0 Å². The normalized spacial score (nSPS) is 12.8. The molecule has 2 unspecified atom stereocenters. The predicted molar refractivity (Wildman–Crippen MR) is 118 cm³/mol. The number of aromatic nitrogens is 2. The number of halogens is 2. The van der Waals surface area contributed by atoms with Gasteiger partial charge in [-0.2, -0.15) is 0 Å². The van der Waals surface area contributed by atoms with Crippen molar-refractivity contribution in [2.24, 2.45) is 0 Å². The summed E-state index contributed by atoms with van der Waals surface area (Å²) in [7, 11) is 0. The molecule has 7 heteroatoms. The highest BCUT2D eigenvalue weighted by Gasteiger charge is 2.25. The van der Waals surface area contributed by atoms with Gasteiger partial charge in [-0.15, -0.1) is 0 Å².